The zero-order chi connectivity index (χ0) is 10.8. The molecule has 0 aromatic heterocycles. The van der Waals surface area contributed by atoms with Crippen LogP contribution in [0, 0.1) is 0 Å². The lowest BCUT2D eigenvalue weighted by Crippen LogP contribution is -2.13. The number of hydrogen-bond donors (Lipinski definition) is 0. The maximum Gasteiger partial charge on any atom is 0.241 e. The molecule has 78 valence electrons. The van der Waals surface area contributed by atoms with E-state index in [0.29, 0.717) is 0 Å². The van der Waals surface area contributed by atoms with E-state index >= 15 is 0 Å². The molecule has 0 fully saturated rings. The zero-order valence-corrected chi connectivity index (χ0v) is 9.33. The van der Waals surface area contributed by atoms with Crippen molar-refractivity contribution < 1.29 is 9.53 Å². The third kappa shape index (κ3) is 8.05. The predicted molar refractivity (Wildman–Crippen MR) is 58.8 cm³/mol. The molecule has 1 unspecified atom stereocenters. The van der Waals surface area contributed by atoms with Gasteiger partial charge in [0.2, 0.25) is 5.24 Å². The van der Waals surface area contributed by atoms with Crippen LogP contribution in [-0.4, -0.2) is 24.3 Å². The van der Waals surface area contributed by atoms with Gasteiger partial charge in [-0.1, -0.05) is 36.4 Å². The van der Waals surface area contributed by atoms with Gasteiger partial charge in [-0.2, -0.15) is 0 Å². The molecule has 1 aromatic rings. The molecule has 0 N–H and O–H groups in total. The molecule has 0 heterocycles. The van der Waals surface area contributed by atoms with Gasteiger partial charge in [-0.25, -0.2) is 0 Å². The van der Waals surface area contributed by atoms with Gasteiger partial charge >= 0.3 is 0 Å². The first-order valence-electron chi connectivity index (χ1n) is 4.01. The normalized spacial score (nSPS) is 11.1. The van der Waals surface area contributed by atoms with Crippen LogP contribution >= 0.6 is 23.2 Å². The fraction of sp³-hybridized carbons (Fsp3) is 0.300. The average Bonchev–Trinajstić information content (AvgIpc) is 2.21. The Labute approximate surface area is 93.8 Å². The smallest absolute Gasteiger partial charge is 0.241 e. The van der Waals surface area contributed by atoms with Gasteiger partial charge in [0.1, 0.15) is 5.38 Å². The van der Waals surface area contributed by atoms with E-state index in [1.807, 2.05) is 36.4 Å². The summed E-state index contributed by atoms with van der Waals surface area (Å²) >= 11 is 10.3. The van der Waals surface area contributed by atoms with Crippen molar-refractivity contribution in [3.63, 3.8) is 0 Å². The minimum atomic E-state index is -0.707. The molecule has 1 atom stereocenters. The second-order valence-corrected chi connectivity index (χ2v) is 3.28. The Morgan fingerprint density at radius 1 is 1.21 bits per heavy atom. The minimum Gasteiger partial charge on any atom is -0.383 e. The number of carbonyl (C=O) groups is 1. The largest absolute Gasteiger partial charge is 0.383 e. The summed E-state index contributed by atoms with van der Waals surface area (Å²) in [7, 11) is 1.45. The number of ether oxygens (including phenoxy) is 1. The van der Waals surface area contributed by atoms with Crippen molar-refractivity contribution in [2.75, 3.05) is 13.7 Å². The number of alkyl halides is 1. The van der Waals surface area contributed by atoms with E-state index in [-0.39, 0.29) is 6.61 Å². The molecule has 4 heteroatoms. The highest BCUT2D eigenvalue weighted by atomic mass is 35.5. The maximum absolute atomic E-state index is 10.1. The van der Waals surface area contributed by atoms with Gasteiger partial charge in [-0.05, 0) is 11.6 Å². The lowest BCUT2D eigenvalue weighted by molar-refractivity contribution is -0.112. The Morgan fingerprint density at radius 2 is 1.57 bits per heavy atom. The van der Waals surface area contributed by atoms with Crippen molar-refractivity contribution in [2.24, 2.45) is 0 Å². The first-order chi connectivity index (χ1) is 6.68. The Kier molecular flexibility index (Phi) is 8.64. The van der Waals surface area contributed by atoms with Crippen molar-refractivity contribution in [3.05, 3.63) is 36.4 Å². The van der Waals surface area contributed by atoms with Crippen LogP contribution in [0.4, 0.5) is 0 Å². The van der Waals surface area contributed by atoms with E-state index in [0.717, 1.165) is 0 Å². The van der Waals surface area contributed by atoms with Crippen LogP contribution in [-0.2, 0) is 9.53 Å². The van der Waals surface area contributed by atoms with Crippen molar-refractivity contribution in [3.8, 4) is 0 Å². The Hall–Kier alpha value is -0.570. The second-order valence-electron chi connectivity index (χ2n) is 2.38. The molecule has 1 aromatic carbocycles. The Bertz CT molecular complexity index is 212. The minimum absolute atomic E-state index is 0.171. The number of methoxy groups -OCH3 is 1. The molecule has 0 spiro atoms. The average molecular weight is 235 g/mol. The number of halogens is 2. The number of hydrogen-bond acceptors (Lipinski definition) is 2. The lowest BCUT2D eigenvalue weighted by Gasteiger charge is -1.98. The van der Waals surface area contributed by atoms with E-state index in [9.17, 15) is 4.79 Å². The van der Waals surface area contributed by atoms with Gasteiger partial charge in [-0.3, -0.25) is 4.79 Å². The van der Waals surface area contributed by atoms with E-state index in [1.54, 1.807) is 0 Å². The number of rotatable bonds is 3. The van der Waals surface area contributed by atoms with Crippen molar-refractivity contribution in [1.29, 1.82) is 0 Å². The SMILES string of the molecule is COCC(Cl)C(=O)Cl.c1ccccc1. The van der Waals surface area contributed by atoms with Crippen LogP contribution in [0.3, 0.4) is 0 Å². The molecule has 14 heavy (non-hydrogen) atoms. The van der Waals surface area contributed by atoms with Gasteiger partial charge in [0.25, 0.3) is 0 Å². The molecule has 0 aliphatic rings. The monoisotopic (exact) mass is 234 g/mol. The van der Waals surface area contributed by atoms with Crippen LogP contribution in [0.1, 0.15) is 0 Å². The molecular weight excluding hydrogens is 223 g/mol. The standard InChI is InChI=1S/C6H6.C4H6Cl2O2/c1-2-4-6-5-3-1;1-8-2-3(5)4(6)7/h1-6H;3H,2H2,1H3. The fourth-order valence-electron chi connectivity index (χ4n) is 0.597. The van der Waals surface area contributed by atoms with Gasteiger partial charge in [0, 0.05) is 7.11 Å². The molecule has 0 aliphatic carbocycles. The molecule has 2 nitrogen and oxygen atoms in total. The summed E-state index contributed by atoms with van der Waals surface area (Å²) < 4.78 is 4.53. The first-order valence-corrected chi connectivity index (χ1v) is 4.82. The highest BCUT2D eigenvalue weighted by Gasteiger charge is 2.10. The summed E-state index contributed by atoms with van der Waals surface area (Å²) in [6, 6.07) is 12.0. The molecule has 0 saturated carbocycles. The summed E-state index contributed by atoms with van der Waals surface area (Å²) in [5, 5.41) is -1.28. The zero-order valence-electron chi connectivity index (χ0n) is 7.82. The molecule has 0 radical (unpaired) electrons. The highest BCUT2D eigenvalue weighted by Crippen LogP contribution is 1.99. The summed E-state index contributed by atoms with van der Waals surface area (Å²) in [5.74, 6) is 0. The van der Waals surface area contributed by atoms with Crippen LogP contribution in [0.25, 0.3) is 0 Å². The summed E-state index contributed by atoms with van der Waals surface area (Å²) in [4.78, 5) is 10.1. The van der Waals surface area contributed by atoms with Gasteiger partial charge in [-0.15, -0.1) is 11.6 Å². The topological polar surface area (TPSA) is 26.3 Å². The van der Waals surface area contributed by atoms with Crippen molar-refractivity contribution >= 4 is 28.4 Å². The summed E-state index contributed by atoms with van der Waals surface area (Å²) in [6.45, 7) is 0.171. The third-order valence-corrected chi connectivity index (χ3v) is 1.93. The van der Waals surface area contributed by atoms with Crippen molar-refractivity contribution in [2.45, 2.75) is 5.38 Å². The molecule has 1 rings (SSSR count). The van der Waals surface area contributed by atoms with Crippen LogP contribution in [0.15, 0.2) is 36.4 Å². The van der Waals surface area contributed by atoms with E-state index < -0.39 is 10.6 Å². The fourth-order valence-corrected chi connectivity index (χ4v) is 0.786. The van der Waals surface area contributed by atoms with Gasteiger partial charge in [0.15, 0.2) is 0 Å². The quantitative estimate of drug-likeness (QED) is 0.594. The number of benzene rings is 1. The van der Waals surface area contributed by atoms with E-state index in [2.05, 4.69) is 4.74 Å². The predicted octanol–water partition coefficient (Wildman–Crippen LogP) is 2.69. The van der Waals surface area contributed by atoms with Crippen LogP contribution < -0.4 is 0 Å². The Morgan fingerprint density at radius 3 is 1.71 bits per heavy atom. The van der Waals surface area contributed by atoms with E-state index in [4.69, 9.17) is 23.2 Å². The van der Waals surface area contributed by atoms with Crippen molar-refractivity contribution in [1.82, 2.24) is 0 Å². The number of carbonyl (C=O) groups excluding carboxylic acids is 1. The molecule has 0 bridgehead atoms. The van der Waals surface area contributed by atoms with Gasteiger partial charge < -0.3 is 4.74 Å². The molecular formula is C10H12Cl2O2. The van der Waals surface area contributed by atoms with Crippen LogP contribution in [0.2, 0.25) is 0 Å². The highest BCUT2D eigenvalue weighted by molar-refractivity contribution is 6.69. The molecule has 0 aliphatic heterocycles. The first kappa shape index (κ1) is 13.4. The van der Waals surface area contributed by atoms with Crippen LogP contribution in [0.5, 0.6) is 0 Å². The van der Waals surface area contributed by atoms with Gasteiger partial charge in [0.05, 0.1) is 6.61 Å². The summed E-state index contributed by atoms with van der Waals surface area (Å²) in [6.07, 6.45) is 0. The lowest BCUT2D eigenvalue weighted by atomic mass is 10.4. The van der Waals surface area contributed by atoms with E-state index in [1.165, 1.54) is 7.11 Å². The molecule has 0 saturated heterocycles. The summed E-state index contributed by atoms with van der Waals surface area (Å²) in [5.41, 5.74) is 0. The Balaban J connectivity index is 0.000000249. The second kappa shape index (κ2) is 9.00. The maximum atomic E-state index is 10.1. The molecule has 0 amide bonds. The third-order valence-electron chi connectivity index (χ3n) is 1.23.